The Bertz CT molecular complexity index is 1070. The van der Waals surface area contributed by atoms with Gasteiger partial charge in [0.25, 0.3) is 0 Å². The molecule has 152 valence electrons. The second kappa shape index (κ2) is 6.29. The first-order valence-corrected chi connectivity index (χ1v) is 9.41. The Morgan fingerprint density at radius 1 is 1.17 bits per heavy atom. The molecule has 1 atom stereocenters. The van der Waals surface area contributed by atoms with Crippen LogP contribution in [0.3, 0.4) is 0 Å². The number of ether oxygens (including phenoxy) is 3. The Morgan fingerprint density at radius 3 is 2.48 bits per heavy atom. The van der Waals surface area contributed by atoms with Crippen molar-refractivity contribution in [2.45, 2.75) is 25.0 Å². The van der Waals surface area contributed by atoms with Crippen molar-refractivity contribution in [2.24, 2.45) is 0 Å². The van der Waals surface area contributed by atoms with Crippen LogP contribution in [0.5, 0.6) is 17.2 Å². The Labute approximate surface area is 173 Å². The van der Waals surface area contributed by atoms with Crippen LogP contribution in [0.2, 0.25) is 5.02 Å². The first-order chi connectivity index (χ1) is 13.7. The zero-order chi connectivity index (χ0) is 21.1. The number of anilines is 1. The molecule has 0 saturated carbocycles. The van der Waals surface area contributed by atoms with E-state index in [0.29, 0.717) is 16.3 Å². The summed E-state index contributed by atoms with van der Waals surface area (Å²) in [6.45, 7) is 4.16. The van der Waals surface area contributed by atoms with E-state index in [1.807, 2.05) is 42.3 Å². The van der Waals surface area contributed by atoms with Crippen LogP contribution in [0.15, 0.2) is 30.3 Å². The zero-order valence-corrected chi connectivity index (χ0v) is 17.5. The molecule has 0 amide bonds. The molecule has 0 saturated heterocycles. The number of fused-ring (bicyclic) bond motifs is 2. The summed E-state index contributed by atoms with van der Waals surface area (Å²) < 4.78 is 17.4. The number of nitrogens with zero attached hydrogens (tertiary/aromatic N) is 2. The lowest BCUT2D eigenvalue weighted by Crippen LogP contribution is -2.58. The molecule has 2 aliphatic heterocycles. The maximum absolute atomic E-state index is 11.5. The van der Waals surface area contributed by atoms with E-state index in [-0.39, 0.29) is 17.2 Å². The molecular formula is C21H21ClN2O5. The minimum Gasteiger partial charge on any atom is -0.490 e. The van der Waals surface area contributed by atoms with Crippen molar-refractivity contribution < 1.29 is 19.1 Å². The summed E-state index contributed by atoms with van der Waals surface area (Å²) in [5, 5.41) is 12.2. The fourth-order valence-corrected chi connectivity index (χ4v) is 4.55. The number of hydrogen-bond acceptors (Lipinski definition) is 6. The maximum atomic E-state index is 11.5. The van der Waals surface area contributed by atoms with Crippen molar-refractivity contribution in [3.05, 3.63) is 56.6 Å². The second-order valence-corrected chi connectivity index (χ2v) is 8.05. The Hall–Kier alpha value is -2.93. The zero-order valence-electron chi connectivity index (χ0n) is 16.8. The smallest absolute Gasteiger partial charge is 0.315 e. The average molecular weight is 417 g/mol. The van der Waals surface area contributed by atoms with Crippen molar-refractivity contribution in [1.29, 1.82) is 0 Å². The van der Waals surface area contributed by atoms with Crippen LogP contribution in [0.25, 0.3) is 6.08 Å². The molecule has 8 heteroatoms. The summed E-state index contributed by atoms with van der Waals surface area (Å²) in [6.07, 6.45) is 3.76. The van der Waals surface area contributed by atoms with E-state index in [1.54, 1.807) is 0 Å². The summed E-state index contributed by atoms with van der Waals surface area (Å²) in [4.78, 5) is 13.1. The van der Waals surface area contributed by atoms with Crippen molar-refractivity contribution >= 4 is 29.1 Å². The number of methoxy groups -OCH3 is 2. The van der Waals surface area contributed by atoms with Gasteiger partial charge in [-0.05, 0) is 49.8 Å². The van der Waals surface area contributed by atoms with Crippen molar-refractivity contribution in [3.63, 3.8) is 0 Å². The van der Waals surface area contributed by atoms with E-state index >= 15 is 0 Å². The molecule has 1 unspecified atom stereocenters. The first-order valence-electron chi connectivity index (χ1n) is 9.03. The largest absolute Gasteiger partial charge is 0.490 e. The third kappa shape index (κ3) is 2.43. The van der Waals surface area contributed by atoms with Crippen molar-refractivity contribution in [2.75, 3.05) is 26.2 Å². The molecule has 7 nitrogen and oxygen atoms in total. The molecule has 29 heavy (non-hydrogen) atoms. The SMILES string of the molecule is COc1c([N+](=O)[O-])cc2c(c1OC)OC1(C=C2)N(C)c2ccc(Cl)cc2C1(C)C. The van der Waals surface area contributed by atoms with E-state index in [9.17, 15) is 10.1 Å². The number of rotatable bonds is 3. The molecule has 0 fully saturated rings. The monoisotopic (exact) mass is 416 g/mol. The molecule has 0 aliphatic carbocycles. The van der Waals surface area contributed by atoms with E-state index in [2.05, 4.69) is 13.8 Å². The number of nitro benzene ring substituents is 1. The van der Waals surface area contributed by atoms with Crippen LogP contribution in [0, 0.1) is 10.1 Å². The number of nitro groups is 1. The molecule has 2 aliphatic rings. The van der Waals surface area contributed by atoms with Gasteiger partial charge in [0.05, 0.1) is 24.6 Å². The molecule has 2 aromatic rings. The standard InChI is InChI=1S/C21H21ClN2O5/c1-20(2)14-11-13(22)6-7-15(14)23(3)21(20)9-8-12-10-16(24(25)26)18(27-4)19(28-5)17(12)29-21/h6-11H,1-5H3. The molecule has 2 aromatic carbocycles. The van der Waals surface area contributed by atoms with Crippen LogP contribution in [-0.4, -0.2) is 31.9 Å². The molecule has 0 bridgehead atoms. The normalized spacial score (nSPS) is 20.8. The minimum atomic E-state index is -0.874. The van der Waals surface area contributed by atoms with Gasteiger partial charge in [-0.15, -0.1) is 0 Å². The van der Waals surface area contributed by atoms with Crippen LogP contribution in [0.4, 0.5) is 11.4 Å². The maximum Gasteiger partial charge on any atom is 0.315 e. The van der Waals surface area contributed by atoms with E-state index in [4.69, 9.17) is 25.8 Å². The molecule has 2 heterocycles. The van der Waals surface area contributed by atoms with Gasteiger partial charge >= 0.3 is 5.69 Å². The summed E-state index contributed by atoms with van der Waals surface area (Å²) in [7, 11) is 4.76. The Kier molecular flexibility index (Phi) is 4.20. The highest BCUT2D eigenvalue weighted by atomic mass is 35.5. The lowest BCUT2D eigenvalue weighted by atomic mass is 9.76. The molecule has 1 spiro atoms. The molecule has 0 radical (unpaired) electrons. The first kappa shape index (κ1) is 19.4. The topological polar surface area (TPSA) is 74.1 Å². The van der Waals surface area contributed by atoms with Gasteiger partial charge in [0, 0.05) is 29.4 Å². The van der Waals surface area contributed by atoms with Crippen LogP contribution >= 0.6 is 11.6 Å². The molecule has 0 aromatic heterocycles. The Morgan fingerprint density at radius 2 is 1.86 bits per heavy atom. The van der Waals surface area contributed by atoms with Gasteiger partial charge in [0.15, 0.2) is 5.75 Å². The lowest BCUT2D eigenvalue weighted by molar-refractivity contribution is -0.385. The van der Waals surface area contributed by atoms with Crippen LogP contribution < -0.4 is 19.1 Å². The van der Waals surface area contributed by atoms with Crippen LogP contribution in [0.1, 0.15) is 25.0 Å². The minimum absolute atomic E-state index is 0.0284. The summed E-state index contributed by atoms with van der Waals surface area (Å²) in [5.74, 6) is 0.621. The number of likely N-dealkylation sites (N-methyl/N-ethyl adjacent to an activating group) is 1. The van der Waals surface area contributed by atoms with E-state index in [1.165, 1.54) is 20.3 Å². The highest BCUT2D eigenvalue weighted by molar-refractivity contribution is 6.30. The third-order valence-corrected chi connectivity index (χ3v) is 6.17. The van der Waals surface area contributed by atoms with Crippen molar-refractivity contribution in [3.8, 4) is 17.2 Å². The highest BCUT2D eigenvalue weighted by Crippen LogP contribution is 2.57. The molecule has 0 N–H and O–H groups in total. The van der Waals surface area contributed by atoms with Gasteiger partial charge in [-0.3, -0.25) is 10.1 Å². The fourth-order valence-electron chi connectivity index (χ4n) is 4.38. The Balaban J connectivity index is 1.94. The highest BCUT2D eigenvalue weighted by Gasteiger charge is 2.58. The molecule has 4 rings (SSSR count). The summed E-state index contributed by atoms with van der Waals surface area (Å²) in [6, 6.07) is 7.20. The third-order valence-electron chi connectivity index (χ3n) is 5.94. The van der Waals surface area contributed by atoms with Crippen LogP contribution in [-0.2, 0) is 5.41 Å². The van der Waals surface area contributed by atoms with Gasteiger partial charge in [-0.25, -0.2) is 0 Å². The predicted octanol–water partition coefficient (Wildman–Crippen LogP) is 4.79. The lowest BCUT2D eigenvalue weighted by Gasteiger charge is -2.46. The van der Waals surface area contributed by atoms with Gasteiger partial charge in [-0.1, -0.05) is 11.6 Å². The van der Waals surface area contributed by atoms with E-state index < -0.39 is 16.1 Å². The van der Waals surface area contributed by atoms with Gasteiger partial charge < -0.3 is 19.1 Å². The summed E-state index contributed by atoms with van der Waals surface area (Å²) in [5.41, 5.74) is 1.07. The van der Waals surface area contributed by atoms with Gasteiger partial charge in [0.1, 0.15) is 0 Å². The number of benzene rings is 2. The second-order valence-electron chi connectivity index (χ2n) is 7.61. The van der Waals surface area contributed by atoms with E-state index in [0.717, 1.165) is 11.3 Å². The number of halogens is 1. The predicted molar refractivity (Wildman–Crippen MR) is 111 cm³/mol. The average Bonchev–Trinajstić information content (AvgIpc) is 2.84. The van der Waals surface area contributed by atoms with Gasteiger partial charge in [-0.2, -0.15) is 0 Å². The van der Waals surface area contributed by atoms with Gasteiger partial charge in [0.2, 0.25) is 17.2 Å². The number of hydrogen-bond donors (Lipinski definition) is 0. The quantitative estimate of drug-likeness (QED) is 0.528. The summed E-state index contributed by atoms with van der Waals surface area (Å²) >= 11 is 6.26. The molecular weight excluding hydrogens is 396 g/mol. The fraction of sp³-hybridized carbons (Fsp3) is 0.333. The van der Waals surface area contributed by atoms with Crippen molar-refractivity contribution in [1.82, 2.24) is 0 Å².